The van der Waals surface area contributed by atoms with Crippen LogP contribution in [-0.2, 0) is 22.3 Å². The molecule has 2 aromatic rings. The summed E-state index contributed by atoms with van der Waals surface area (Å²) in [5.41, 5.74) is 1.78. The number of halogens is 1. The number of hydrogen-bond acceptors (Lipinski definition) is 5. The first-order chi connectivity index (χ1) is 14.0. The van der Waals surface area contributed by atoms with Gasteiger partial charge in [-0.15, -0.1) is 24.0 Å². The van der Waals surface area contributed by atoms with Gasteiger partial charge in [0, 0.05) is 46.0 Å². The summed E-state index contributed by atoms with van der Waals surface area (Å²) in [5.74, 6) is 1.82. The molecule has 3 rings (SSSR count). The Balaban J connectivity index is 0.00000320. The van der Waals surface area contributed by atoms with Crippen molar-refractivity contribution in [2.45, 2.75) is 12.3 Å². The average Bonchev–Trinajstić information content (AvgIpc) is 2.75. The van der Waals surface area contributed by atoms with Crippen LogP contribution in [0.25, 0.3) is 0 Å². The third kappa shape index (κ3) is 6.81. The zero-order valence-electron chi connectivity index (χ0n) is 17.3. The van der Waals surface area contributed by atoms with E-state index in [0.29, 0.717) is 6.54 Å². The lowest BCUT2D eigenvalue weighted by molar-refractivity contribution is 0.371. The number of benzene rings is 1. The molecule has 0 saturated carbocycles. The molecule has 1 fully saturated rings. The molecule has 1 aromatic heterocycles. The molecule has 2 N–H and O–H groups in total. The Labute approximate surface area is 195 Å². The van der Waals surface area contributed by atoms with Crippen LogP contribution < -0.4 is 14.9 Å². The van der Waals surface area contributed by atoms with Crippen molar-refractivity contribution in [1.29, 1.82) is 0 Å². The lowest BCUT2D eigenvalue weighted by Gasteiger charge is -2.37. The summed E-state index contributed by atoms with van der Waals surface area (Å²) in [6.07, 6.45) is 1.82. The maximum atomic E-state index is 11.8. The predicted molar refractivity (Wildman–Crippen MR) is 132 cm³/mol. The van der Waals surface area contributed by atoms with E-state index >= 15 is 0 Å². The highest BCUT2D eigenvalue weighted by molar-refractivity contribution is 14.0. The molecule has 10 heteroatoms. The van der Waals surface area contributed by atoms with Crippen LogP contribution in [0.1, 0.15) is 11.1 Å². The van der Waals surface area contributed by atoms with Crippen LogP contribution in [0.5, 0.6) is 0 Å². The first-order valence-corrected chi connectivity index (χ1v) is 11.3. The van der Waals surface area contributed by atoms with E-state index in [9.17, 15) is 8.42 Å². The lowest BCUT2D eigenvalue weighted by Crippen LogP contribution is -2.52. The molecule has 0 atom stereocenters. The van der Waals surface area contributed by atoms with E-state index in [1.54, 1.807) is 7.05 Å². The Bertz CT molecular complexity index is 931. The molecule has 0 spiro atoms. The summed E-state index contributed by atoms with van der Waals surface area (Å²) >= 11 is 0. The normalized spacial score (nSPS) is 14.9. The number of nitrogens with one attached hydrogen (secondary N) is 2. The van der Waals surface area contributed by atoms with Crippen molar-refractivity contribution in [3.05, 3.63) is 59.8 Å². The second-order valence-corrected chi connectivity index (χ2v) is 8.77. The van der Waals surface area contributed by atoms with Gasteiger partial charge >= 0.3 is 0 Å². The third-order valence-corrected chi connectivity index (χ3v) is 6.21. The van der Waals surface area contributed by atoms with E-state index in [0.717, 1.165) is 49.1 Å². The smallest absolute Gasteiger partial charge is 0.215 e. The van der Waals surface area contributed by atoms with E-state index in [2.05, 4.69) is 29.8 Å². The standard InChI is InChI=1S/C20H28N6O2S.HI/c1-21-20(26-12-10-25(11-13-26)19-8-3-4-9-23-19)24-15-17-6-5-7-18(14-17)16-29(27,28)22-2;/h3-9,14,22H,10-13,15-16H2,1-2H3,(H,21,24);1H. The number of hydrogen-bond donors (Lipinski definition) is 2. The zero-order valence-corrected chi connectivity index (χ0v) is 20.4. The van der Waals surface area contributed by atoms with Gasteiger partial charge in [-0.3, -0.25) is 4.99 Å². The number of piperazine rings is 1. The van der Waals surface area contributed by atoms with Crippen molar-refractivity contribution in [2.24, 2.45) is 4.99 Å². The molecule has 2 heterocycles. The van der Waals surface area contributed by atoms with E-state index in [1.165, 1.54) is 7.05 Å². The fourth-order valence-electron chi connectivity index (χ4n) is 3.32. The van der Waals surface area contributed by atoms with Crippen molar-refractivity contribution in [2.75, 3.05) is 45.2 Å². The number of rotatable bonds is 6. The van der Waals surface area contributed by atoms with Gasteiger partial charge in [0.2, 0.25) is 10.0 Å². The maximum absolute atomic E-state index is 11.8. The van der Waals surface area contributed by atoms with Gasteiger partial charge < -0.3 is 15.1 Å². The van der Waals surface area contributed by atoms with Crippen LogP contribution >= 0.6 is 24.0 Å². The van der Waals surface area contributed by atoms with Crippen LogP contribution in [-0.4, -0.2) is 64.5 Å². The number of aliphatic imine (C=N–C) groups is 1. The summed E-state index contributed by atoms with van der Waals surface area (Å²) in [6, 6.07) is 13.6. The van der Waals surface area contributed by atoms with E-state index in [4.69, 9.17) is 0 Å². The summed E-state index contributed by atoms with van der Waals surface area (Å²) < 4.78 is 25.9. The van der Waals surface area contributed by atoms with Crippen LogP contribution in [0.15, 0.2) is 53.7 Å². The van der Waals surface area contributed by atoms with Crippen LogP contribution in [0.3, 0.4) is 0 Å². The van der Waals surface area contributed by atoms with Gasteiger partial charge in [0.1, 0.15) is 5.82 Å². The van der Waals surface area contributed by atoms with Gasteiger partial charge in [-0.1, -0.05) is 30.3 Å². The van der Waals surface area contributed by atoms with Gasteiger partial charge in [-0.25, -0.2) is 18.1 Å². The number of aromatic nitrogens is 1. The molecule has 1 aliphatic rings. The fraction of sp³-hybridized carbons (Fsp3) is 0.400. The van der Waals surface area contributed by atoms with E-state index < -0.39 is 10.0 Å². The summed E-state index contributed by atoms with van der Waals surface area (Å²) in [7, 11) is -0.0726. The minimum absolute atomic E-state index is 0. The van der Waals surface area contributed by atoms with Crippen molar-refractivity contribution >= 4 is 45.8 Å². The zero-order chi connectivity index (χ0) is 20.7. The molecule has 1 aromatic carbocycles. The number of sulfonamides is 1. The van der Waals surface area contributed by atoms with E-state index in [-0.39, 0.29) is 29.7 Å². The largest absolute Gasteiger partial charge is 0.353 e. The summed E-state index contributed by atoms with van der Waals surface area (Å²) in [6.45, 7) is 4.07. The van der Waals surface area contributed by atoms with Crippen LogP contribution in [0.2, 0.25) is 0 Å². The summed E-state index contributed by atoms with van der Waals surface area (Å²) in [5, 5.41) is 3.39. The first-order valence-electron chi connectivity index (χ1n) is 9.61. The second-order valence-electron chi connectivity index (χ2n) is 6.85. The Hall–Kier alpha value is -1.92. The molecule has 1 saturated heterocycles. The van der Waals surface area contributed by atoms with Gasteiger partial charge in [0.05, 0.1) is 5.75 Å². The minimum Gasteiger partial charge on any atom is -0.353 e. The van der Waals surface area contributed by atoms with Crippen molar-refractivity contribution in [3.63, 3.8) is 0 Å². The Morgan fingerprint density at radius 3 is 2.47 bits per heavy atom. The molecule has 0 unspecified atom stereocenters. The van der Waals surface area contributed by atoms with Crippen molar-refractivity contribution < 1.29 is 8.42 Å². The molecule has 30 heavy (non-hydrogen) atoms. The highest BCUT2D eigenvalue weighted by atomic mass is 127. The quantitative estimate of drug-likeness (QED) is 0.327. The van der Waals surface area contributed by atoms with Crippen LogP contribution in [0.4, 0.5) is 5.82 Å². The van der Waals surface area contributed by atoms with Gasteiger partial charge in [-0.2, -0.15) is 0 Å². The lowest BCUT2D eigenvalue weighted by atomic mass is 10.1. The van der Waals surface area contributed by atoms with Crippen molar-refractivity contribution in [1.82, 2.24) is 19.9 Å². The minimum atomic E-state index is -3.28. The molecule has 0 radical (unpaired) electrons. The average molecular weight is 544 g/mol. The fourth-order valence-corrected chi connectivity index (χ4v) is 4.09. The molecule has 0 amide bonds. The monoisotopic (exact) mass is 544 g/mol. The maximum Gasteiger partial charge on any atom is 0.215 e. The van der Waals surface area contributed by atoms with E-state index in [1.807, 2.05) is 48.7 Å². The highest BCUT2D eigenvalue weighted by Gasteiger charge is 2.20. The van der Waals surface area contributed by atoms with Gasteiger partial charge in [0.25, 0.3) is 0 Å². The van der Waals surface area contributed by atoms with Gasteiger partial charge in [-0.05, 0) is 30.3 Å². The molecular formula is C20H29IN6O2S. The number of guanidine groups is 1. The second kappa shape index (κ2) is 11.5. The molecule has 1 aliphatic heterocycles. The summed E-state index contributed by atoms with van der Waals surface area (Å²) in [4.78, 5) is 13.3. The topological polar surface area (TPSA) is 89.9 Å². The van der Waals surface area contributed by atoms with Crippen molar-refractivity contribution in [3.8, 4) is 0 Å². The number of nitrogens with zero attached hydrogens (tertiary/aromatic N) is 4. The molecule has 8 nitrogen and oxygen atoms in total. The number of anilines is 1. The Kier molecular flexibility index (Phi) is 9.31. The Morgan fingerprint density at radius 2 is 1.83 bits per heavy atom. The molecule has 0 bridgehead atoms. The molecule has 0 aliphatic carbocycles. The highest BCUT2D eigenvalue weighted by Crippen LogP contribution is 2.13. The van der Waals surface area contributed by atoms with Gasteiger partial charge in [0.15, 0.2) is 5.96 Å². The molecule has 164 valence electrons. The SMILES string of the molecule is CN=C(NCc1cccc(CS(=O)(=O)NC)c1)N1CCN(c2ccccn2)CC1.I. The molecular weight excluding hydrogens is 515 g/mol. The van der Waals surface area contributed by atoms with Crippen LogP contribution in [0, 0.1) is 0 Å². The predicted octanol–water partition coefficient (Wildman–Crippen LogP) is 1.65. The third-order valence-electron chi connectivity index (χ3n) is 4.87. The first kappa shape index (κ1) is 24.4. The number of pyridine rings is 1. The Morgan fingerprint density at radius 1 is 1.10 bits per heavy atom.